The summed E-state index contributed by atoms with van der Waals surface area (Å²) in [4.78, 5) is 4.12. The zero-order valence-electron chi connectivity index (χ0n) is 11.6. The van der Waals surface area contributed by atoms with E-state index in [0.717, 1.165) is 6.17 Å². The molecule has 0 saturated heterocycles. The monoisotopic (exact) mass is 276 g/mol. The minimum atomic E-state index is -1.62. The van der Waals surface area contributed by atoms with Crippen LogP contribution in [0.1, 0.15) is 19.8 Å². The molecule has 1 aromatic carbocycles. The molecule has 102 valence electrons. The number of benzene rings is 1. The van der Waals surface area contributed by atoms with Crippen LogP contribution >= 0.6 is 0 Å². The molecule has 0 aliphatic carbocycles. The van der Waals surface area contributed by atoms with Gasteiger partial charge in [-0.05, 0) is 12.1 Å². The molecule has 1 aromatic heterocycles. The summed E-state index contributed by atoms with van der Waals surface area (Å²) in [5.41, 5.74) is 0. The van der Waals surface area contributed by atoms with Crippen molar-refractivity contribution in [2.45, 2.75) is 38.5 Å². The molecule has 0 amide bonds. The summed E-state index contributed by atoms with van der Waals surface area (Å²) in [6.45, 7) is 4.60. The summed E-state index contributed by atoms with van der Waals surface area (Å²) >= 11 is 0. The van der Waals surface area contributed by atoms with Crippen LogP contribution in [0, 0.1) is 5.82 Å². The Kier molecular flexibility index (Phi) is 4.53. The number of hydrogen-bond donors (Lipinski definition) is 0. The van der Waals surface area contributed by atoms with Gasteiger partial charge in [0.05, 0.1) is 6.33 Å². The molecule has 1 atom stereocenters. The number of unbranched alkanes of at least 4 members (excludes halogenated alkanes) is 1. The number of hydrogen-bond acceptors (Lipinski definition) is 1. The number of aromatic nitrogens is 2. The summed E-state index contributed by atoms with van der Waals surface area (Å²) in [5.74, 6) is -0.154. The zero-order chi connectivity index (χ0) is 13.7. The predicted octanol–water partition coefficient (Wildman–Crippen LogP) is 3.35. The van der Waals surface area contributed by atoms with Crippen LogP contribution in [-0.4, -0.2) is 17.6 Å². The van der Waals surface area contributed by atoms with Crippen molar-refractivity contribution < 1.29 is 4.39 Å². The van der Waals surface area contributed by atoms with Gasteiger partial charge < -0.3 is 4.57 Å². The van der Waals surface area contributed by atoms with Crippen molar-refractivity contribution in [3.05, 3.63) is 48.8 Å². The van der Waals surface area contributed by atoms with Crippen molar-refractivity contribution in [1.29, 1.82) is 0 Å². The number of nitrogens with zero attached hydrogens (tertiary/aromatic N) is 2. The van der Waals surface area contributed by atoms with E-state index in [4.69, 9.17) is 0 Å². The van der Waals surface area contributed by atoms with E-state index >= 15 is 0 Å². The van der Waals surface area contributed by atoms with E-state index in [0.29, 0.717) is 0 Å². The van der Waals surface area contributed by atoms with Gasteiger partial charge in [0, 0.05) is 18.6 Å². The Labute approximate surface area is 115 Å². The smallest absolute Gasteiger partial charge is 0.123 e. The highest BCUT2D eigenvalue weighted by Gasteiger charge is 2.29. The Balaban J connectivity index is 2.25. The van der Waals surface area contributed by atoms with Crippen LogP contribution in [0.25, 0.3) is 0 Å². The Morgan fingerprint density at radius 2 is 2.00 bits per heavy atom. The fraction of sp³-hybridized carbons (Fsp3) is 0.400. The van der Waals surface area contributed by atoms with Crippen molar-refractivity contribution in [3.8, 4) is 0 Å². The summed E-state index contributed by atoms with van der Waals surface area (Å²) in [7, 11) is -1.62. The first kappa shape index (κ1) is 14.0. The zero-order valence-corrected chi connectivity index (χ0v) is 12.6. The van der Waals surface area contributed by atoms with Crippen molar-refractivity contribution in [2.75, 3.05) is 0 Å². The van der Waals surface area contributed by atoms with Crippen LogP contribution in [-0.2, 0) is 6.17 Å². The van der Waals surface area contributed by atoms with Gasteiger partial charge in [0.15, 0.2) is 0 Å². The lowest BCUT2D eigenvalue weighted by atomic mass is 10.3. The van der Waals surface area contributed by atoms with Gasteiger partial charge in [0.2, 0.25) is 0 Å². The van der Waals surface area contributed by atoms with Crippen LogP contribution in [0.3, 0.4) is 0 Å². The molecular weight excluding hydrogens is 255 g/mol. The highest BCUT2D eigenvalue weighted by molar-refractivity contribution is 6.89. The molecule has 2 nitrogen and oxygen atoms in total. The Morgan fingerprint density at radius 3 is 2.58 bits per heavy atom. The summed E-state index contributed by atoms with van der Waals surface area (Å²) in [5, 5.41) is 1.33. The maximum Gasteiger partial charge on any atom is 0.123 e. The largest absolute Gasteiger partial charge is 0.340 e. The minimum absolute atomic E-state index is 0.154. The summed E-state index contributed by atoms with van der Waals surface area (Å²) in [6.07, 6.45) is 9.15. The SMILES string of the molecule is CCCC[Si](C)(Cn1ccnc1)c1ccc(F)cc1. The third-order valence-corrected chi connectivity index (χ3v) is 7.96. The number of halogens is 1. The maximum atomic E-state index is 13.1. The first-order chi connectivity index (χ1) is 9.14. The molecule has 0 N–H and O–H groups in total. The van der Waals surface area contributed by atoms with E-state index in [9.17, 15) is 4.39 Å². The quantitative estimate of drug-likeness (QED) is 0.740. The van der Waals surface area contributed by atoms with E-state index < -0.39 is 8.07 Å². The number of imidazole rings is 1. The van der Waals surface area contributed by atoms with Crippen LogP contribution < -0.4 is 5.19 Å². The van der Waals surface area contributed by atoms with E-state index in [1.807, 2.05) is 30.9 Å². The molecule has 1 heterocycles. The fourth-order valence-corrected chi connectivity index (χ4v) is 6.24. The normalized spacial score (nSPS) is 14.3. The lowest BCUT2D eigenvalue weighted by Gasteiger charge is -2.28. The Morgan fingerprint density at radius 1 is 1.26 bits per heavy atom. The highest BCUT2D eigenvalue weighted by Crippen LogP contribution is 2.17. The molecule has 0 saturated carbocycles. The molecule has 0 aliphatic rings. The third-order valence-electron chi connectivity index (χ3n) is 3.71. The van der Waals surface area contributed by atoms with Gasteiger partial charge in [-0.3, -0.25) is 0 Å². The Bertz CT molecular complexity index is 495. The summed E-state index contributed by atoms with van der Waals surface area (Å²) in [6, 6.07) is 8.33. The van der Waals surface area contributed by atoms with Crippen molar-refractivity contribution in [2.24, 2.45) is 0 Å². The highest BCUT2D eigenvalue weighted by atomic mass is 28.3. The van der Waals surface area contributed by atoms with Gasteiger partial charge in [-0.15, -0.1) is 0 Å². The molecule has 4 heteroatoms. The molecule has 0 aliphatic heterocycles. The van der Waals surface area contributed by atoms with Gasteiger partial charge >= 0.3 is 0 Å². The molecular formula is C15H21FN2Si. The molecule has 0 radical (unpaired) electrons. The van der Waals surface area contributed by atoms with Gasteiger partial charge in [0.25, 0.3) is 0 Å². The van der Waals surface area contributed by atoms with Gasteiger partial charge in [-0.25, -0.2) is 9.37 Å². The van der Waals surface area contributed by atoms with Gasteiger partial charge in [0.1, 0.15) is 13.9 Å². The molecule has 2 aromatic rings. The molecule has 19 heavy (non-hydrogen) atoms. The fourth-order valence-electron chi connectivity index (χ4n) is 2.52. The molecule has 1 unspecified atom stereocenters. The minimum Gasteiger partial charge on any atom is -0.340 e. The van der Waals surface area contributed by atoms with E-state index in [1.54, 1.807) is 12.1 Å². The summed E-state index contributed by atoms with van der Waals surface area (Å²) < 4.78 is 15.3. The average Bonchev–Trinajstić information content (AvgIpc) is 2.90. The lowest BCUT2D eigenvalue weighted by molar-refractivity contribution is 0.628. The third kappa shape index (κ3) is 3.53. The van der Waals surface area contributed by atoms with Gasteiger partial charge in [-0.2, -0.15) is 0 Å². The second kappa shape index (κ2) is 6.15. The van der Waals surface area contributed by atoms with E-state index in [2.05, 4.69) is 23.0 Å². The first-order valence-corrected chi connectivity index (χ1v) is 9.77. The lowest BCUT2D eigenvalue weighted by Crippen LogP contribution is -2.48. The predicted molar refractivity (Wildman–Crippen MR) is 79.6 cm³/mol. The van der Waals surface area contributed by atoms with Crippen LogP contribution in [0.4, 0.5) is 4.39 Å². The van der Waals surface area contributed by atoms with E-state index in [1.165, 1.54) is 24.1 Å². The van der Waals surface area contributed by atoms with Crippen LogP contribution in [0.5, 0.6) is 0 Å². The average molecular weight is 276 g/mol. The Hall–Kier alpha value is -1.42. The molecule has 0 bridgehead atoms. The number of rotatable bonds is 6. The molecule has 2 rings (SSSR count). The standard InChI is InChI=1S/C15H21FN2Si/c1-3-4-11-19(2,13-18-10-9-17-12-18)15-7-5-14(16)6-8-15/h5-10,12H,3-4,11,13H2,1-2H3. The van der Waals surface area contributed by atoms with Crippen molar-refractivity contribution in [3.63, 3.8) is 0 Å². The second-order valence-corrected chi connectivity index (χ2v) is 9.92. The van der Waals surface area contributed by atoms with Crippen LogP contribution in [0.15, 0.2) is 43.0 Å². The van der Waals surface area contributed by atoms with Crippen LogP contribution in [0.2, 0.25) is 12.6 Å². The topological polar surface area (TPSA) is 17.8 Å². The van der Waals surface area contributed by atoms with Gasteiger partial charge in [-0.1, -0.05) is 49.7 Å². The van der Waals surface area contributed by atoms with Crippen molar-refractivity contribution >= 4 is 13.3 Å². The van der Waals surface area contributed by atoms with Crippen molar-refractivity contribution in [1.82, 2.24) is 9.55 Å². The first-order valence-electron chi connectivity index (χ1n) is 6.86. The van der Waals surface area contributed by atoms with E-state index in [-0.39, 0.29) is 5.82 Å². The maximum absolute atomic E-state index is 13.1. The molecule has 0 fully saturated rings. The molecule has 0 spiro atoms. The second-order valence-electron chi connectivity index (χ2n) is 5.41.